The van der Waals surface area contributed by atoms with Crippen molar-refractivity contribution in [2.45, 2.75) is 71.8 Å². The molecule has 0 aliphatic rings. The lowest BCUT2D eigenvalue weighted by Gasteiger charge is -2.23. The molecule has 0 aromatic heterocycles. The van der Waals surface area contributed by atoms with Crippen molar-refractivity contribution in [1.82, 2.24) is 5.32 Å². The van der Waals surface area contributed by atoms with Crippen LogP contribution in [0.4, 0.5) is 4.79 Å². The molecule has 0 radical (unpaired) electrons. The standard InChI is InChI=1S/C26H45NO6/c1-6-7-8-15-33-26(29)27-19-23(28)12-11-22(20(2)3)17-21-10-13-24(31-5)25(18-21)32-16-9-14-30-4/h10,13,18,20,22-23,28H,6-9,11-12,14-17,19H2,1-5H3,(H,27,29). The molecule has 7 nitrogen and oxygen atoms in total. The van der Waals surface area contributed by atoms with E-state index in [2.05, 4.69) is 32.2 Å². The summed E-state index contributed by atoms with van der Waals surface area (Å²) >= 11 is 0. The summed E-state index contributed by atoms with van der Waals surface area (Å²) in [6.07, 6.45) is 5.13. The van der Waals surface area contributed by atoms with Crippen LogP contribution in [0.15, 0.2) is 18.2 Å². The van der Waals surface area contributed by atoms with E-state index in [4.69, 9.17) is 18.9 Å². The largest absolute Gasteiger partial charge is 0.493 e. The SMILES string of the molecule is CCCCCOC(=O)NCC(O)CCC(Cc1ccc(OC)c(OCCCOC)c1)C(C)C. The number of hydrogen-bond acceptors (Lipinski definition) is 6. The second kappa shape index (κ2) is 17.5. The predicted octanol–water partition coefficient (Wildman–Crippen LogP) is 4.98. The molecule has 33 heavy (non-hydrogen) atoms. The predicted molar refractivity (Wildman–Crippen MR) is 131 cm³/mol. The molecule has 0 spiro atoms. The number of aliphatic hydroxyl groups is 1. The summed E-state index contributed by atoms with van der Waals surface area (Å²) in [5.74, 6) is 2.33. The van der Waals surface area contributed by atoms with Crippen molar-refractivity contribution in [2.24, 2.45) is 11.8 Å². The molecular formula is C26H45NO6. The maximum absolute atomic E-state index is 11.7. The maximum Gasteiger partial charge on any atom is 0.407 e. The summed E-state index contributed by atoms with van der Waals surface area (Å²) < 4.78 is 21.5. The number of carbonyl (C=O) groups is 1. The molecule has 0 saturated heterocycles. The highest BCUT2D eigenvalue weighted by molar-refractivity contribution is 5.67. The van der Waals surface area contributed by atoms with Crippen LogP contribution in [0.3, 0.4) is 0 Å². The maximum atomic E-state index is 11.7. The van der Waals surface area contributed by atoms with Gasteiger partial charge in [-0.3, -0.25) is 0 Å². The summed E-state index contributed by atoms with van der Waals surface area (Å²) in [7, 11) is 3.32. The molecule has 1 amide bonds. The highest BCUT2D eigenvalue weighted by Gasteiger charge is 2.18. The van der Waals surface area contributed by atoms with Crippen LogP contribution in [0.1, 0.15) is 64.9 Å². The van der Waals surface area contributed by atoms with Crippen LogP contribution < -0.4 is 14.8 Å². The monoisotopic (exact) mass is 467 g/mol. The van der Waals surface area contributed by atoms with E-state index >= 15 is 0 Å². The Morgan fingerprint density at radius 1 is 1.03 bits per heavy atom. The smallest absolute Gasteiger partial charge is 0.407 e. The zero-order chi connectivity index (χ0) is 24.5. The first-order valence-electron chi connectivity index (χ1n) is 12.3. The third-order valence-electron chi connectivity index (χ3n) is 5.75. The molecule has 0 fully saturated rings. The lowest BCUT2D eigenvalue weighted by Crippen LogP contribution is -2.33. The number of nitrogens with one attached hydrogen (secondary N) is 1. The topological polar surface area (TPSA) is 86.3 Å². The number of amides is 1. The van der Waals surface area contributed by atoms with Crippen molar-refractivity contribution in [1.29, 1.82) is 0 Å². The molecule has 190 valence electrons. The van der Waals surface area contributed by atoms with Crippen LogP contribution in [0.25, 0.3) is 0 Å². The van der Waals surface area contributed by atoms with Crippen LogP contribution in [0.5, 0.6) is 11.5 Å². The van der Waals surface area contributed by atoms with Gasteiger partial charge in [-0.25, -0.2) is 4.79 Å². The first-order valence-corrected chi connectivity index (χ1v) is 12.3. The van der Waals surface area contributed by atoms with E-state index in [9.17, 15) is 9.90 Å². The summed E-state index contributed by atoms with van der Waals surface area (Å²) in [4.78, 5) is 11.7. The minimum atomic E-state index is -0.593. The van der Waals surface area contributed by atoms with Gasteiger partial charge in [0.05, 0.1) is 26.4 Å². The van der Waals surface area contributed by atoms with E-state index < -0.39 is 12.2 Å². The van der Waals surface area contributed by atoms with Crippen molar-refractivity contribution in [3.63, 3.8) is 0 Å². The number of unbranched alkanes of at least 4 members (excludes halogenated alkanes) is 2. The van der Waals surface area contributed by atoms with Gasteiger partial charge in [-0.1, -0.05) is 39.7 Å². The van der Waals surface area contributed by atoms with Crippen LogP contribution in [-0.2, 0) is 15.9 Å². The number of methoxy groups -OCH3 is 2. The van der Waals surface area contributed by atoms with E-state index in [1.54, 1.807) is 14.2 Å². The molecule has 0 saturated carbocycles. The van der Waals surface area contributed by atoms with Gasteiger partial charge in [0.25, 0.3) is 0 Å². The first-order chi connectivity index (χ1) is 15.9. The van der Waals surface area contributed by atoms with Gasteiger partial charge in [-0.2, -0.15) is 0 Å². The molecule has 7 heteroatoms. The zero-order valence-corrected chi connectivity index (χ0v) is 21.2. The van der Waals surface area contributed by atoms with E-state index in [1.165, 1.54) is 5.56 Å². The number of ether oxygens (including phenoxy) is 4. The second-order valence-electron chi connectivity index (χ2n) is 8.84. The van der Waals surface area contributed by atoms with Gasteiger partial charge in [0.15, 0.2) is 11.5 Å². The number of carbonyl (C=O) groups excluding carboxylic acids is 1. The Balaban J connectivity index is 2.53. The number of rotatable bonds is 18. The molecule has 0 aliphatic carbocycles. The van der Waals surface area contributed by atoms with Gasteiger partial charge >= 0.3 is 6.09 Å². The number of alkyl carbamates (subject to hydrolysis) is 1. The molecule has 2 unspecified atom stereocenters. The van der Waals surface area contributed by atoms with E-state index in [-0.39, 0.29) is 6.54 Å². The Labute approximate surface area is 200 Å². The molecule has 1 aromatic carbocycles. The summed E-state index contributed by atoms with van der Waals surface area (Å²) in [6, 6.07) is 6.07. The normalized spacial score (nSPS) is 12.9. The zero-order valence-electron chi connectivity index (χ0n) is 21.2. The third-order valence-corrected chi connectivity index (χ3v) is 5.75. The summed E-state index contributed by atoms with van der Waals surface area (Å²) in [6.45, 7) is 8.37. The number of hydrogen-bond donors (Lipinski definition) is 2. The second-order valence-corrected chi connectivity index (χ2v) is 8.84. The minimum absolute atomic E-state index is 0.208. The average Bonchev–Trinajstić information content (AvgIpc) is 2.80. The highest BCUT2D eigenvalue weighted by Crippen LogP contribution is 2.31. The fourth-order valence-electron chi connectivity index (χ4n) is 3.60. The van der Waals surface area contributed by atoms with E-state index in [0.29, 0.717) is 38.1 Å². The molecule has 1 rings (SSSR count). The summed E-state index contributed by atoms with van der Waals surface area (Å²) in [5.41, 5.74) is 1.18. The van der Waals surface area contributed by atoms with Crippen molar-refractivity contribution in [2.75, 3.05) is 40.6 Å². The van der Waals surface area contributed by atoms with E-state index in [1.807, 2.05) is 12.1 Å². The first kappa shape index (κ1) is 29.0. The molecule has 2 N–H and O–H groups in total. The van der Waals surface area contributed by atoms with Gasteiger partial charge in [0.1, 0.15) is 0 Å². The number of aliphatic hydroxyl groups excluding tert-OH is 1. The van der Waals surface area contributed by atoms with Gasteiger partial charge in [-0.05, 0) is 55.2 Å². The minimum Gasteiger partial charge on any atom is -0.493 e. The lowest BCUT2D eigenvalue weighted by molar-refractivity contribution is 0.121. The Morgan fingerprint density at radius 2 is 1.82 bits per heavy atom. The lowest BCUT2D eigenvalue weighted by atomic mass is 9.85. The van der Waals surface area contributed by atoms with Gasteiger partial charge in [0.2, 0.25) is 0 Å². The molecule has 0 aliphatic heterocycles. The van der Waals surface area contributed by atoms with Crippen LogP contribution in [0, 0.1) is 11.8 Å². The van der Waals surface area contributed by atoms with Crippen molar-refractivity contribution in [3.8, 4) is 11.5 Å². The quantitative estimate of drug-likeness (QED) is 0.296. The number of benzene rings is 1. The van der Waals surface area contributed by atoms with Gasteiger partial charge < -0.3 is 29.4 Å². The van der Waals surface area contributed by atoms with Crippen LogP contribution in [0.2, 0.25) is 0 Å². The van der Waals surface area contributed by atoms with Gasteiger partial charge in [-0.15, -0.1) is 0 Å². The fraction of sp³-hybridized carbons (Fsp3) is 0.731. The molecular weight excluding hydrogens is 422 g/mol. The summed E-state index contributed by atoms with van der Waals surface area (Å²) in [5, 5.41) is 13.0. The van der Waals surface area contributed by atoms with Crippen LogP contribution in [-0.4, -0.2) is 57.9 Å². The molecule has 1 aromatic rings. The molecule has 0 heterocycles. The Hall–Kier alpha value is -1.99. The Bertz CT molecular complexity index is 652. The molecule has 0 bridgehead atoms. The molecule has 2 atom stereocenters. The third kappa shape index (κ3) is 12.7. The Morgan fingerprint density at radius 3 is 2.48 bits per heavy atom. The van der Waals surface area contributed by atoms with E-state index in [0.717, 1.165) is 50.0 Å². The fourth-order valence-corrected chi connectivity index (χ4v) is 3.60. The van der Waals surface area contributed by atoms with Crippen molar-refractivity contribution >= 4 is 6.09 Å². The Kier molecular flexibility index (Phi) is 15.4. The average molecular weight is 468 g/mol. The highest BCUT2D eigenvalue weighted by atomic mass is 16.5. The van der Waals surface area contributed by atoms with Gasteiger partial charge in [0, 0.05) is 26.7 Å². The van der Waals surface area contributed by atoms with Crippen molar-refractivity contribution in [3.05, 3.63) is 23.8 Å². The van der Waals surface area contributed by atoms with Crippen molar-refractivity contribution < 1.29 is 28.8 Å². The van der Waals surface area contributed by atoms with Crippen LogP contribution >= 0.6 is 0 Å².